The van der Waals surface area contributed by atoms with Crippen LogP contribution in [-0.4, -0.2) is 46.8 Å². The van der Waals surface area contributed by atoms with Gasteiger partial charge in [0.1, 0.15) is 12.4 Å². The summed E-state index contributed by atoms with van der Waals surface area (Å²) in [5.74, 6) is 0.990. The van der Waals surface area contributed by atoms with E-state index in [4.69, 9.17) is 9.47 Å². The molecule has 1 aromatic carbocycles. The lowest BCUT2D eigenvalue weighted by atomic mass is 10.2. The molecular formula is C15H25NO4S. The van der Waals surface area contributed by atoms with E-state index in [9.17, 15) is 8.42 Å². The Hall–Kier alpha value is -1.11. The monoisotopic (exact) mass is 315 g/mol. The molecule has 0 bridgehead atoms. The van der Waals surface area contributed by atoms with Crippen LogP contribution in [-0.2, 0) is 21.1 Å². The minimum Gasteiger partial charge on any atom is -0.493 e. The number of hydrogen-bond acceptors (Lipinski definition) is 5. The molecule has 0 spiro atoms. The maximum absolute atomic E-state index is 11.6. The van der Waals surface area contributed by atoms with Gasteiger partial charge in [-0.1, -0.05) is 19.1 Å². The molecule has 5 nitrogen and oxygen atoms in total. The highest BCUT2D eigenvalue weighted by molar-refractivity contribution is 7.91. The second kappa shape index (κ2) is 9.76. The van der Waals surface area contributed by atoms with Crippen molar-refractivity contribution in [2.45, 2.75) is 19.9 Å². The number of hydrogen-bond donors (Lipinski definition) is 1. The molecule has 0 amide bonds. The molecule has 0 unspecified atom stereocenters. The van der Waals surface area contributed by atoms with Gasteiger partial charge >= 0.3 is 0 Å². The highest BCUT2D eigenvalue weighted by atomic mass is 32.2. The van der Waals surface area contributed by atoms with Gasteiger partial charge in [-0.15, -0.1) is 0 Å². The molecule has 0 aliphatic heterocycles. The fourth-order valence-electron chi connectivity index (χ4n) is 1.85. The molecule has 0 atom stereocenters. The molecule has 1 rings (SSSR count). The fourth-order valence-corrected chi connectivity index (χ4v) is 3.02. The summed E-state index contributed by atoms with van der Waals surface area (Å²) in [6, 6.07) is 7.67. The minimum atomic E-state index is -2.98. The third-order valence-corrected chi connectivity index (χ3v) is 4.71. The van der Waals surface area contributed by atoms with E-state index in [-0.39, 0.29) is 18.1 Å². The maximum Gasteiger partial charge on any atom is 0.153 e. The highest BCUT2D eigenvalue weighted by Gasteiger charge is 2.09. The fraction of sp³-hybridized carbons (Fsp3) is 0.600. The molecule has 0 saturated heterocycles. The number of nitrogens with one attached hydrogen (secondary N) is 1. The van der Waals surface area contributed by atoms with Gasteiger partial charge < -0.3 is 14.8 Å². The lowest BCUT2D eigenvalue weighted by Gasteiger charge is -2.09. The lowest BCUT2D eigenvalue weighted by molar-refractivity contribution is 0.199. The van der Waals surface area contributed by atoms with Crippen LogP contribution in [0.15, 0.2) is 24.3 Å². The van der Waals surface area contributed by atoms with Crippen LogP contribution < -0.4 is 10.1 Å². The Labute approximate surface area is 127 Å². The third-order valence-electron chi connectivity index (χ3n) is 2.89. The van der Waals surface area contributed by atoms with Crippen molar-refractivity contribution in [3.8, 4) is 5.75 Å². The average molecular weight is 315 g/mol. The molecule has 0 radical (unpaired) electrons. The predicted molar refractivity (Wildman–Crippen MR) is 84.5 cm³/mol. The van der Waals surface area contributed by atoms with E-state index < -0.39 is 9.84 Å². The number of sulfone groups is 1. The summed E-state index contributed by atoms with van der Waals surface area (Å²) in [6.45, 7) is 4.25. The van der Waals surface area contributed by atoms with Crippen LogP contribution in [0.1, 0.15) is 18.9 Å². The summed E-state index contributed by atoms with van der Waals surface area (Å²) in [5.41, 5.74) is 1.10. The largest absolute Gasteiger partial charge is 0.493 e. The molecule has 120 valence electrons. The zero-order valence-corrected chi connectivity index (χ0v) is 13.6. The molecule has 0 aromatic heterocycles. The van der Waals surface area contributed by atoms with Gasteiger partial charge in [0.05, 0.1) is 18.1 Å². The van der Waals surface area contributed by atoms with E-state index in [1.54, 1.807) is 7.11 Å². The zero-order chi connectivity index (χ0) is 15.6. The van der Waals surface area contributed by atoms with Crippen molar-refractivity contribution in [2.24, 2.45) is 0 Å². The Kier molecular flexibility index (Phi) is 8.34. The van der Waals surface area contributed by atoms with Crippen molar-refractivity contribution in [1.82, 2.24) is 5.32 Å². The van der Waals surface area contributed by atoms with Gasteiger partial charge in [0.15, 0.2) is 9.84 Å². The summed E-state index contributed by atoms with van der Waals surface area (Å²) in [7, 11) is -1.31. The van der Waals surface area contributed by atoms with Crippen LogP contribution >= 0.6 is 0 Å². The normalized spacial score (nSPS) is 11.5. The molecule has 0 aliphatic carbocycles. The Morgan fingerprint density at radius 1 is 1.19 bits per heavy atom. The van der Waals surface area contributed by atoms with E-state index in [2.05, 4.69) is 5.32 Å². The van der Waals surface area contributed by atoms with Crippen molar-refractivity contribution in [3.63, 3.8) is 0 Å². The summed E-state index contributed by atoms with van der Waals surface area (Å²) in [4.78, 5) is 0. The van der Waals surface area contributed by atoms with E-state index >= 15 is 0 Å². The summed E-state index contributed by atoms with van der Waals surface area (Å²) in [5, 5.41) is 3.25. The Balaban J connectivity index is 2.38. The molecule has 0 fully saturated rings. The van der Waals surface area contributed by atoms with Crippen molar-refractivity contribution in [1.29, 1.82) is 0 Å². The number of methoxy groups -OCH3 is 1. The second-order valence-electron chi connectivity index (χ2n) is 4.82. The van der Waals surface area contributed by atoms with Crippen LogP contribution in [0.25, 0.3) is 0 Å². The molecular weight excluding hydrogens is 290 g/mol. The topological polar surface area (TPSA) is 64.6 Å². The van der Waals surface area contributed by atoms with Gasteiger partial charge in [0.25, 0.3) is 0 Å². The summed E-state index contributed by atoms with van der Waals surface area (Å²) >= 11 is 0. The van der Waals surface area contributed by atoms with E-state index in [0.29, 0.717) is 18.8 Å². The van der Waals surface area contributed by atoms with Crippen LogP contribution in [0.2, 0.25) is 0 Å². The van der Waals surface area contributed by atoms with Crippen LogP contribution in [0.3, 0.4) is 0 Å². The first kappa shape index (κ1) is 17.9. The van der Waals surface area contributed by atoms with Crippen molar-refractivity contribution in [2.75, 3.05) is 38.4 Å². The number of benzene rings is 1. The zero-order valence-electron chi connectivity index (χ0n) is 12.8. The first-order valence-electron chi connectivity index (χ1n) is 7.19. The van der Waals surface area contributed by atoms with Crippen molar-refractivity contribution in [3.05, 3.63) is 29.8 Å². The van der Waals surface area contributed by atoms with Crippen LogP contribution in [0.5, 0.6) is 5.75 Å². The number of ether oxygens (including phenoxy) is 2. The lowest BCUT2D eigenvalue weighted by Crippen LogP contribution is -2.18. The van der Waals surface area contributed by atoms with Crippen molar-refractivity contribution >= 4 is 9.84 Å². The van der Waals surface area contributed by atoms with Crippen LogP contribution in [0, 0.1) is 0 Å². The predicted octanol–water partition coefficient (Wildman–Crippen LogP) is 1.63. The van der Waals surface area contributed by atoms with Gasteiger partial charge in [0, 0.05) is 20.2 Å². The van der Waals surface area contributed by atoms with E-state index in [0.717, 1.165) is 18.7 Å². The Morgan fingerprint density at radius 3 is 2.71 bits per heavy atom. The molecule has 21 heavy (non-hydrogen) atoms. The SMILES string of the molecule is CCCS(=O)(=O)CCOc1cccc(CNCCOC)c1. The van der Waals surface area contributed by atoms with Crippen LogP contribution in [0.4, 0.5) is 0 Å². The van der Waals surface area contributed by atoms with Crippen molar-refractivity contribution < 1.29 is 17.9 Å². The number of rotatable bonds is 11. The molecule has 6 heteroatoms. The van der Waals surface area contributed by atoms with E-state index in [1.807, 2.05) is 31.2 Å². The Morgan fingerprint density at radius 2 is 2.00 bits per heavy atom. The summed E-state index contributed by atoms with van der Waals surface area (Å²) in [6.07, 6.45) is 0.644. The molecule has 1 aromatic rings. The third kappa shape index (κ3) is 8.04. The smallest absolute Gasteiger partial charge is 0.153 e. The second-order valence-corrected chi connectivity index (χ2v) is 7.12. The first-order valence-corrected chi connectivity index (χ1v) is 9.01. The van der Waals surface area contributed by atoms with Gasteiger partial charge in [0.2, 0.25) is 0 Å². The first-order chi connectivity index (χ1) is 10.1. The van der Waals surface area contributed by atoms with Gasteiger partial charge in [-0.05, 0) is 24.1 Å². The molecule has 1 N–H and O–H groups in total. The Bertz CT molecular complexity index is 502. The van der Waals surface area contributed by atoms with Gasteiger partial charge in [-0.2, -0.15) is 0 Å². The summed E-state index contributed by atoms with van der Waals surface area (Å²) < 4.78 is 33.7. The maximum atomic E-state index is 11.6. The molecule has 0 aliphatic rings. The minimum absolute atomic E-state index is 0.0666. The molecule has 0 heterocycles. The average Bonchev–Trinajstić information content (AvgIpc) is 2.44. The van der Waals surface area contributed by atoms with Gasteiger partial charge in [-0.25, -0.2) is 8.42 Å². The van der Waals surface area contributed by atoms with Gasteiger partial charge in [-0.3, -0.25) is 0 Å². The van der Waals surface area contributed by atoms with E-state index in [1.165, 1.54) is 0 Å². The standard InChI is InChI=1S/C15H25NO4S/c1-3-10-21(17,18)11-9-20-15-6-4-5-14(12-15)13-16-7-8-19-2/h4-6,12,16H,3,7-11,13H2,1-2H3. The highest BCUT2D eigenvalue weighted by Crippen LogP contribution is 2.13. The molecule has 0 saturated carbocycles. The quantitative estimate of drug-likeness (QED) is 0.629.